The molecule has 3 aromatic rings. The Labute approximate surface area is 193 Å². The molecule has 1 aromatic carbocycles. The van der Waals surface area contributed by atoms with E-state index in [2.05, 4.69) is 28.8 Å². The molecule has 0 radical (unpaired) electrons. The van der Waals surface area contributed by atoms with E-state index in [9.17, 15) is 0 Å². The maximum Gasteiger partial charge on any atom is 0.239 e. The number of aromatic nitrogens is 3. The van der Waals surface area contributed by atoms with Gasteiger partial charge in [0.1, 0.15) is 17.2 Å². The van der Waals surface area contributed by atoms with Gasteiger partial charge in [-0.05, 0) is 42.3 Å². The molecule has 0 aliphatic rings. The summed E-state index contributed by atoms with van der Waals surface area (Å²) in [7, 11) is 3.32. The fraction of sp³-hybridized carbons (Fsp3) is 0.478. The lowest BCUT2D eigenvalue weighted by molar-refractivity contribution is 0.391. The molecule has 1 atom stereocenters. The Kier molecular flexibility index (Phi) is 9.09. The first-order valence-electron chi connectivity index (χ1n) is 10.8. The summed E-state index contributed by atoms with van der Waals surface area (Å²) in [5.41, 5.74) is 0.790. The van der Waals surface area contributed by atoms with Crippen LogP contribution in [0.3, 0.4) is 0 Å². The standard InChI is InChI=1S/C23H32N4O2S2/c1-5-10-17(6-2)11-8-16-31-26-23-25-24-22(20-14-9-15-30-20)27(23)21-18(28-3)12-7-13-19(21)29-4/h7,9,12-15,17H,5-6,8,10-11,16H2,1-4H3,(H,25,26). The Morgan fingerprint density at radius 3 is 2.45 bits per heavy atom. The summed E-state index contributed by atoms with van der Waals surface area (Å²) in [4.78, 5) is 1.03. The number of thiophene rings is 1. The molecule has 8 heteroatoms. The van der Waals surface area contributed by atoms with Gasteiger partial charge in [-0.25, -0.2) is 0 Å². The minimum atomic E-state index is 0.664. The lowest BCUT2D eigenvalue weighted by atomic mass is 9.96. The Balaban J connectivity index is 1.83. The Morgan fingerprint density at radius 1 is 1.06 bits per heavy atom. The molecule has 2 heterocycles. The molecule has 0 bridgehead atoms. The van der Waals surface area contributed by atoms with Gasteiger partial charge in [-0.2, -0.15) is 0 Å². The average molecular weight is 461 g/mol. The summed E-state index contributed by atoms with van der Waals surface area (Å²) in [5, 5.41) is 11.0. The van der Waals surface area contributed by atoms with E-state index in [1.807, 2.05) is 40.3 Å². The van der Waals surface area contributed by atoms with Gasteiger partial charge in [0.25, 0.3) is 0 Å². The van der Waals surface area contributed by atoms with Crippen molar-refractivity contribution in [1.29, 1.82) is 0 Å². The summed E-state index contributed by atoms with van der Waals surface area (Å²) in [6, 6.07) is 9.82. The summed E-state index contributed by atoms with van der Waals surface area (Å²) < 4.78 is 16.7. The Bertz CT molecular complexity index is 906. The molecular weight excluding hydrogens is 428 g/mol. The van der Waals surface area contributed by atoms with Crippen molar-refractivity contribution in [3.63, 3.8) is 0 Å². The smallest absolute Gasteiger partial charge is 0.239 e. The number of nitrogens with one attached hydrogen (secondary N) is 1. The van der Waals surface area contributed by atoms with E-state index >= 15 is 0 Å². The first-order chi connectivity index (χ1) is 15.2. The highest BCUT2D eigenvalue weighted by molar-refractivity contribution is 8.00. The van der Waals surface area contributed by atoms with Crippen molar-refractivity contribution in [2.75, 3.05) is 24.7 Å². The van der Waals surface area contributed by atoms with Gasteiger partial charge in [0, 0.05) is 5.75 Å². The predicted octanol–water partition coefficient (Wildman–Crippen LogP) is 6.68. The predicted molar refractivity (Wildman–Crippen MR) is 132 cm³/mol. The molecule has 168 valence electrons. The monoisotopic (exact) mass is 460 g/mol. The molecule has 1 N–H and O–H groups in total. The summed E-state index contributed by atoms with van der Waals surface area (Å²) in [5.74, 6) is 4.68. The van der Waals surface area contributed by atoms with Crippen LogP contribution in [-0.2, 0) is 0 Å². The molecule has 1 unspecified atom stereocenters. The van der Waals surface area contributed by atoms with E-state index < -0.39 is 0 Å². The van der Waals surface area contributed by atoms with Crippen LogP contribution in [0.15, 0.2) is 35.7 Å². The fourth-order valence-electron chi connectivity index (χ4n) is 3.70. The van der Waals surface area contributed by atoms with E-state index in [4.69, 9.17) is 9.47 Å². The summed E-state index contributed by atoms with van der Waals surface area (Å²) in [6.07, 6.45) is 6.30. The third-order valence-electron chi connectivity index (χ3n) is 5.33. The zero-order chi connectivity index (χ0) is 22.1. The molecule has 0 aliphatic carbocycles. The number of benzene rings is 1. The largest absolute Gasteiger partial charge is 0.494 e. The first kappa shape index (κ1) is 23.5. The fourth-order valence-corrected chi connectivity index (χ4v) is 5.07. The molecule has 0 saturated carbocycles. The van der Waals surface area contributed by atoms with Crippen molar-refractivity contribution in [1.82, 2.24) is 14.8 Å². The SMILES string of the molecule is CCCC(CC)CCCSNc1nnc(-c2cccs2)n1-c1c(OC)cccc1OC. The normalized spacial score (nSPS) is 12.0. The lowest BCUT2D eigenvalue weighted by Gasteiger charge is -2.17. The first-order valence-corrected chi connectivity index (χ1v) is 12.7. The van der Waals surface area contributed by atoms with Crippen molar-refractivity contribution in [3.05, 3.63) is 35.7 Å². The van der Waals surface area contributed by atoms with E-state index in [0.717, 1.165) is 28.1 Å². The number of rotatable bonds is 13. The second-order valence-electron chi connectivity index (χ2n) is 7.33. The van der Waals surface area contributed by atoms with Crippen molar-refractivity contribution < 1.29 is 9.47 Å². The minimum Gasteiger partial charge on any atom is -0.494 e. The third kappa shape index (κ3) is 5.74. The van der Waals surface area contributed by atoms with Crippen LogP contribution in [0.5, 0.6) is 11.5 Å². The Morgan fingerprint density at radius 2 is 1.84 bits per heavy atom. The highest BCUT2D eigenvalue weighted by atomic mass is 32.2. The van der Waals surface area contributed by atoms with E-state index in [1.54, 1.807) is 37.5 Å². The van der Waals surface area contributed by atoms with Gasteiger partial charge in [0.15, 0.2) is 5.82 Å². The number of ether oxygens (including phenoxy) is 2. The van der Waals surface area contributed by atoms with Crippen molar-refractivity contribution in [2.45, 2.75) is 46.0 Å². The van der Waals surface area contributed by atoms with Crippen molar-refractivity contribution >= 4 is 29.2 Å². The van der Waals surface area contributed by atoms with Gasteiger partial charge in [-0.3, -0.25) is 9.29 Å². The zero-order valence-electron chi connectivity index (χ0n) is 18.8. The van der Waals surface area contributed by atoms with Crippen molar-refractivity contribution in [3.8, 4) is 27.9 Å². The van der Waals surface area contributed by atoms with Crippen LogP contribution >= 0.6 is 23.3 Å². The molecule has 2 aromatic heterocycles. The number of hydrogen-bond donors (Lipinski definition) is 1. The maximum atomic E-state index is 5.66. The van der Waals surface area contributed by atoms with Crippen LogP contribution in [0.2, 0.25) is 0 Å². The van der Waals surface area contributed by atoms with Crippen LogP contribution in [0.25, 0.3) is 16.4 Å². The minimum absolute atomic E-state index is 0.664. The van der Waals surface area contributed by atoms with Gasteiger partial charge in [0.05, 0.1) is 19.1 Å². The lowest BCUT2D eigenvalue weighted by Crippen LogP contribution is -2.06. The van der Waals surface area contributed by atoms with E-state index in [0.29, 0.717) is 17.4 Å². The van der Waals surface area contributed by atoms with Gasteiger partial charge in [-0.15, -0.1) is 21.5 Å². The number of nitrogens with zero attached hydrogens (tertiary/aromatic N) is 3. The second kappa shape index (κ2) is 12.0. The molecule has 0 fully saturated rings. The summed E-state index contributed by atoms with van der Waals surface area (Å²) in [6.45, 7) is 4.56. The van der Waals surface area contributed by atoms with Crippen LogP contribution in [0.4, 0.5) is 5.95 Å². The zero-order valence-corrected chi connectivity index (χ0v) is 20.4. The molecule has 0 aliphatic heterocycles. The van der Waals surface area contributed by atoms with Crippen LogP contribution < -0.4 is 14.2 Å². The van der Waals surface area contributed by atoms with Gasteiger partial charge >= 0.3 is 0 Å². The molecule has 6 nitrogen and oxygen atoms in total. The topological polar surface area (TPSA) is 61.2 Å². The van der Waals surface area contributed by atoms with Gasteiger partial charge in [-0.1, -0.05) is 57.2 Å². The number of hydrogen-bond acceptors (Lipinski definition) is 7. The highest BCUT2D eigenvalue weighted by Crippen LogP contribution is 2.38. The number of anilines is 1. The van der Waals surface area contributed by atoms with Gasteiger partial charge in [0.2, 0.25) is 5.95 Å². The molecule has 0 spiro atoms. The van der Waals surface area contributed by atoms with E-state index in [-0.39, 0.29) is 0 Å². The van der Waals surface area contributed by atoms with Crippen LogP contribution in [-0.4, -0.2) is 34.7 Å². The highest BCUT2D eigenvalue weighted by Gasteiger charge is 2.22. The number of para-hydroxylation sites is 1. The van der Waals surface area contributed by atoms with E-state index in [1.165, 1.54) is 32.1 Å². The third-order valence-corrected chi connectivity index (χ3v) is 7.01. The average Bonchev–Trinajstić information content (AvgIpc) is 3.47. The Hall–Kier alpha value is -2.19. The number of methoxy groups -OCH3 is 2. The van der Waals surface area contributed by atoms with Gasteiger partial charge < -0.3 is 9.47 Å². The summed E-state index contributed by atoms with van der Waals surface area (Å²) >= 11 is 3.30. The van der Waals surface area contributed by atoms with Crippen LogP contribution in [0.1, 0.15) is 46.0 Å². The molecule has 0 amide bonds. The molecule has 0 saturated heterocycles. The second-order valence-corrected chi connectivity index (χ2v) is 9.18. The maximum absolute atomic E-state index is 5.66. The molecule has 3 rings (SSSR count). The van der Waals surface area contributed by atoms with Crippen LogP contribution in [0, 0.1) is 5.92 Å². The molecule has 31 heavy (non-hydrogen) atoms. The quantitative estimate of drug-likeness (QED) is 0.227. The molecular formula is C23H32N4O2S2. The van der Waals surface area contributed by atoms with Crippen molar-refractivity contribution in [2.24, 2.45) is 5.92 Å².